The lowest BCUT2D eigenvalue weighted by Gasteiger charge is -2.27. The number of aromatic amines is 1. The van der Waals surface area contributed by atoms with Gasteiger partial charge in [-0.1, -0.05) is 20.8 Å². The normalized spacial score (nSPS) is 12.8. The molecule has 0 unspecified atom stereocenters. The number of carboxylic acid groups (broad SMARTS) is 1. The monoisotopic (exact) mass is 296 g/mol. The first-order valence-corrected chi connectivity index (χ1v) is 6.98. The van der Waals surface area contributed by atoms with E-state index in [0.717, 1.165) is 24.1 Å². The summed E-state index contributed by atoms with van der Waals surface area (Å²) in [7, 11) is 0. The van der Waals surface area contributed by atoms with Crippen molar-refractivity contribution >= 4 is 12.0 Å². The molecular weight excluding hydrogens is 272 g/mol. The maximum Gasteiger partial charge on any atom is 0.326 e. The van der Waals surface area contributed by atoms with E-state index in [9.17, 15) is 9.59 Å². The van der Waals surface area contributed by atoms with Crippen molar-refractivity contribution in [3.05, 3.63) is 17.5 Å². The van der Waals surface area contributed by atoms with E-state index in [2.05, 4.69) is 20.8 Å². The number of rotatable bonds is 6. The van der Waals surface area contributed by atoms with Gasteiger partial charge >= 0.3 is 12.0 Å². The second-order valence-corrected chi connectivity index (χ2v) is 6.16. The smallest absolute Gasteiger partial charge is 0.326 e. The molecule has 0 spiro atoms. The number of urea groups is 1. The van der Waals surface area contributed by atoms with E-state index in [4.69, 9.17) is 5.11 Å². The Kier molecular flexibility index (Phi) is 5.75. The first-order chi connectivity index (χ1) is 9.71. The second-order valence-electron chi connectivity index (χ2n) is 6.16. The molecule has 21 heavy (non-hydrogen) atoms. The molecule has 7 nitrogen and oxygen atoms in total. The van der Waals surface area contributed by atoms with Gasteiger partial charge in [0, 0.05) is 12.2 Å². The van der Waals surface area contributed by atoms with Crippen molar-refractivity contribution in [2.45, 2.75) is 46.6 Å². The number of carbonyl (C=O) groups is 2. The van der Waals surface area contributed by atoms with Gasteiger partial charge in [0.1, 0.15) is 6.04 Å². The number of hydrogen-bond acceptors (Lipinski definition) is 3. The quantitative estimate of drug-likeness (QED) is 0.596. The van der Waals surface area contributed by atoms with E-state index >= 15 is 0 Å². The molecule has 7 heteroatoms. The summed E-state index contributed by atoms with van der Waals surface area (Å²) in [6.45, 7) is 7.74. The molecule has 1 aromatic heterocycles. The number of aromatic nitrogens is 2. The largest absolute Gasteiger partial charge is 0.480 e. The van der Waals surface area contributed by atoms with Gasteiger partial charge in [0.2, 0.25) is 0 Å². The van der Waals surface area contributed by atoms with Crippen LogP contribution in [-0.2, 0) is 11.2 Å². The van der Waals surface area contributed by atoms with Crippen LogP contribution in [0, 0.1) is 12.3 Å². The lowest BCUT2D eigenvalue weighted by atomic mass is 9.87. The molecule has 0 radical (unpaired) electrons. The topological polar surface area (TPSA) is 107 Å². The summed E-state index contributed by atoms with van der Waals surface area (Å²) >= 11 is 0. The Labute approximate surface area is 124 Å². The van der Waals surface area contributed by atoms with Crippen LogP contribution >= 0.6 is 0 Å². The summed E-state index contributed by atoms with van der Waals surface area (Å²) in [5.74, 6) is -1.04. The second kappa shape index (κ2) is 7.10. The standard InChI is InChI=1S/C14H24N4O3/c1-9-10(8-16-18-9)6-5-7-15-13(21)17-11(12(19)20)14(2,3)4/h8,11H,5-7H2,1-4H3,(H,16,18)(H,19,20)(H2,15,17,21)/t11-/m0/s1. The minimum absolute atomic E-state index is 0.457. The van der Waals surface area contributed by atoms with Gasteiger partial charge < -0.3 is 15.7 Å². The maximum atomic E-state index is 11.7. The number of aryl methyl sites for hydroxylation is 2. The van der Waals surface area contributed by atoms with Crippen molar-refractivity contribution in [1.82, 2.24) is 20.8 Å². The number of amides is 2. The van der Waals surface area contributed by atoms with E-state index < -0.39 is 23.5 Å². The van der Waals surface area contributed by atoms with Crippen molar-refractivity contribution in [2.75, 3.05) is 6.54 Å². The number of hydrogen-bond donors (Lipinski definition) is 4. The zero-order valence-electron chi connectivity index (χ0n) is 13.0. The van der Waals surface area contributed by atoms with Crippen LogP contribution in [0.1, 0.15) is 38.4 Å². The molecule has 0 bridgehead atoms. The molecule has 118 valence electrons. The summed E-state index contributed by atoms with van der Waals surface area (Å²) in [4.78, 5) is 22.9. The summed E-state index contributed by atoms with van der Waals surface area (Å²) in [5.41, 5.74) is 1.60. The number of nitrogens with zero attached hydrogens (tertiary/aromatic N) is 1. The number of H-pyrrole nitrogens is 1. The zero-order chi connectivity index (χ0) is 16.0. The highest BCUT2D eigenvalue weighted by molar-refractivity contribution is 5.83. The van der Waals surface area contributed by atoms with E-state index in [1.54, 1.807) is 27.0 Å². The van der Waals surface area contributed by atoms with Crippen LogP contribution in [0.25, 0.3) is 0 Å². The van der Waals surface area contributed by atoms with Crippen LogP contribution in [0.4, 0.5) is 4.79 Å². The van der Waals surface area contributed by atoms with Crippen LogP contribution < -0.4 is 10.6 Å². The average Bonchev–Trinajstić information content (AvgIpc) is 2.75. The highest BCUT2D eigenvalue weighted by Gasteiger charge is 2.32. The van der Waals surface area contributed by atoms with Gasteiger partial charge in [-0.05, 0) is 30.7 Å². The van der Waals surface area contributed by atoms with Gasteiger partial charge in [0.05, 0.1) is 6.20 Å². The van der Waals surface area contributed by atoms with Gasteiger partial charge in [-0.3, -0.25) is 5.10 Å². The van der Waals surface area contributed by atoms with Crippen LogP contribution in [0.3, 0.4) is 0 Å². The van der Waals surface area contributed by atoms with Crippen LogP contribution in [0.15, 0.2) is 6.20 Å². The van der Waals surface area contributed by atoms with Crippen LogP contribution in [0.5, 0.6) is 0 Å². The molecule has 0 aliphatic heterocycles. The third-order valence-corrected chi connectivity index (χ3v) is 3.23. The van der Waals surface area contributed by atoms with Gasteiger partial charge in [-0.2, -0.15) is 5.10 Å². The number of nitrogens with one attached hydrogen (secondary N) is 3. The minimum atomic E-state index is -1.04. The molecule has 0 saturated heterocycles. The first-order valence-electron chi connectivity index (χ1n) is 6.98. The van der Waals surface area contributed by atoms with E-state index in [1.165, 1.54) is 0 Å². The lowest BCUT2D eigenvalue weighted by molar-refractivity contribution is -0.141. The lowest BCUT2D eigenvalue weighted by Crippen LogP contribution is -2.52. The molecule has 0 aromatic carbocycles. The fourth-order valence-electron chi connectivity index (χ4n) is 1.94. The van der Waals surface area contributed by atoms with Crippen LogP contribution in [-0.4, -0.2) is 39.9 Å². The molecule has 0 fully saturated rings. The Balaban J connectivity index is 2.33. The fourth-order valence-corrected chi connectivity index (χ4v) is 1.94. The molecule has 1 aromatic rings. The van der Waals surface area contributed by atoms with Gasteiger partial charge in [0.25, 0.3) is 0 Å². The van der Waals surface area contributed by atoms with Crippen molar-refractivity contribution in [3.63, 3.8) is 0 Å². The highest BCUT2D eigenvalue weighted by Crippen LogP contribution is 2.19. The summed E-state index contributed by atoms with van der Waals surface area (Å²) in [6.07, 6.45) is 3.35. The molecule has 1 heterocycles. The van der Waals surface area contributed by atoms with Gasteiger partial charge in [-0.15, -0.1) is 0 Å². The maximum absolute atomic E-state index is 11.7. The number of carbonyl (C=O) groups excluding carboxylic acids is 1. The van der Waals surface area contributed by atoms with E-state index in [1.807, 2.05) is 6.92 Å². The molecular formula is C14H24N4O3. The van der Waals surface area contributed by atoms with Crippen molar-refractivity contribution < 1.29 is 14.7 Å². The Hall–Kier alpha value is -2.05. The summed E-state index contributed by atoms with van der Waals surface area (Å²) < 4.78 is 0. The zero-order valence-corrected chi connectivity index (χ0v) is 13.0. The predicted octanol–water partition coefficient (Wildman–Crippen LogP) is 1.45. The third-order valence-electron chi connectivity index (χ3n) is 3.23. The molecule has 2 amide bonds. The SMILES string of the molecule is Cc1[nH]ncc1CCCNC(=O)N[C@@H](C(=O)O)C(C)(C)C. The summed E-state index contributed by atoms with van der Waals surface area (Å²) in [6, 6.07) is -1.38. The first kappa shape index (κ1) is 17.0. The van der Waals surface area contributed by atoms with E-state index in [-0.39, 0.29) is 0 Å². The number of carboxylic acids is 1. The molecule has 1 rings (SSSR count). The third kappa shape index (κ3) is 5.45. The Morgan fingerprint density at radius 1 is 1.43 bits per heavy atom. The molecule has 0 saturated carbocycles. The van der Waals surface area contributed by atoms with Gasteiger partial charge in [-0.25, -0.2) is 9.59 Å². The summed E-state index contributed by atoms with van der Waals surface area (Å²) in [5, 5.41) is 21.1. The molecule has 4 N–H and O–H groups in total. The molecule has 0 aliphatic rings. The highest BCUT2D eigenvalue weighted by atomic mass is 16.4. The molecule has 1 atom stereocenters. The Morgan fingerprint density at radius 3 is 2.57 bits per heavy atom. The minimum Gasteiger partial charge on any atom is -0.480 e. The van der Waals surface area contributed by atoms with E-state index in [0.29, 0.717) is 6.54 Å². The van der Waals surface area contributed by atoms with Crippen molar-refractivity contribution in [1.29, 1.82) is 0 Å². The average molecular weight is 296 g/mol. The Bertz CT molecular complexity index is 491. The number of aliphatic carboxylic acids is 1. The molecule has 0 aliphatic carbocycles. The van der Waals surface area contributed by atoms with Crippen molar-refractivity contribution in [3.8, 4) is 0 Å². The Morgan fingerprint density at radius 2 is 2.10 bits per heavy atom. The van der Waals surface area contributed by atoms with Crippen LogP contribution in [0.2, 0.25) is 0 Å². The predicted molar refractivity (Wildman–Crippen MR) is 79.1 cm³/mol. The fraction of sp³-hybridized carbons (Fsp3) is 0.643. The van der Waals surface area contributed by atoms with Gasteiger partial charge in [0.15, 0.2) is 0 Å². The van der Waals surface area contributed by atoms with Crippen molar-refractivity contribution in [2.24, 2.45) is 5.41 Å².